The van der Waals surface area contributed by atoms with Crippen molar-refractivity contribution in [3.8, 4) is 5.88 Å². The fourth-order valence-corrected chi connectivity index (χ4v) is 3.27. The molecule has 2 aromatic rings. The van der Waals surface area contributed by atoms with Gasteiger partial charge >= 0.3 is 0 Å². The molecule has 1 aliphatic rings. The number of aromatic nitrogens is 3. The third-order valence-electron chi connectivity index (χ3n) is 4.70. The van der Waals surface area contributed by atoms with Gasteiger partial charge in [0.25, 0.3) is 0 Å². The van der Waals surface area contributed by atoms with E-state index in [4.69, 9.17) is 10.5 Å². The van der Waals surface area contributed by atoms with Gasteiger partial charge in [-0.2, -0.15) is 4.98 Å². The molecule has 0 radical (unpaired) electrons. The number of hydrogen-bond donors (Lipinski definition) is 1. The number of anilines is 1. The van der Waals surface area contributed by atoms with E-state index in [9.17, 15) is 0 Å². The maximum Gasteiger partial charge on any atom is 0.215 e. The molecule has 5 nitrogen and oxygen atoms in total. The normalized spacial score (nSPS) is 22.6. The van der Waals surface area contributed by atoms with Crippen LogP contribution in [0.4, 0.5) is 5.95 Å². The maximum absolute atomic E-state index is 6.05. The minimum atomic E-state index is 0.551. The van der Waals surface area contributed by atoms with Crippen LogP contribution in [0.15, 0.2) is 12.1 Å². The number of pyridine rings is 1. The molecule has 0 bridgehead atoms. The Morgan fingerprint density at radius 3 is 2.71 bits per heavy atom. The zero-order chi connectivity index (χ0) is 14.8. The number of ether oxygens (including phenoxy) is 1. The molecule has 0 saturated heterocycles. The van der Waals surface area contributed by atoms with Gasteiger partial charge in [0, 0.05) is 12.6 Å². The van der Waals surface area contributed by atoms with E-state index in [1.165, 1.54) is 25.7 Å². The van der Waals surface area contributed by atoms with Gasteiger partial charge in [0.05, 0.1) is 7.11 Å². The number of nitrogen functional groups attached to an aromatic ring is 1. The lowest BCUT2D eigenvalue weighted by atomic mass is 9.81. The maximum atomic E-state index is 6.05. The molecule has 1 fully saturated rings. The van der Waals surface area contributed by atoms with Crippen molar-refractivity contribution in [2.45, 2.75) is 45.6 Å². The fraction of sp³-hybridized carbons (Fsp3) is 0.625. The Hall–Kier alpha value is -1.78. The predicted octanol–water partition coefficient (Wildman–Crippen LogP) is 3.24. The van der Waals surface area contributed by atoms with Crippen LogP contribution in [0.5, 0.6) is 5.88 Å². The van der Waals surface area contributed by atoms with E-state index in [1.54, 1.807) is 7.11 Å². The van der Waals surface area contributed by atoms with Gasteiger partial charge in [-0.1, -0.05) is 32.6 Å². The Balaban J connectivity index is 1.75. The van der Waals surface area contributed by atoms with Crippen molar-refractivity contribution in [3.63, 3.8) is 0 Å². The largest absolute Gasteiger partial charge is 0.481 e. The molecule has 21 heavy (non-hydrogen) atoms. The van der Waals surface area contributed by atoms with Gasteiger partial charge in [0.15, 0.2) is 5.65 Å². The average Bonchev–Trinajstić information content (AvgIpc) is 2.81. The second-order valence-corrected chi connectivity index (χ2v) is 6.23. The molecule has 0 aromatic carbocycles. The van der Waals surface area contributed by atoms with E-state index in [0.29, 0.717) is 11.8 Å². The summed E-state index contributed by atoms with van der Waals surface area (Å²) in [5, 5.41) is 0. The molecule has 0 amide bonds. The Labute approximate surface area is 125 Å². The number of fused-ring (bicyclic) bond motifs is 1. The Morgan fingerprint density at radius 2 is 2.00 bits per heavy atom. The molecule has 2 heterocycles. The summed E-state index contributed by atoms with van der Waals surface area (Å²) in [4.78, 5) is 8.88. The smallest absolute Gasteiger partial charge is 0.215 e. The van der Waals surface area contributed by atoms with Crippen LogP contribution in [0, 0.1) is 11.8 Å². The second-order valence-electron chi connectivity index (χ2n) is 6.23. The van der Waals surface area contributed by atoms with Crippen molar-refractivity contribution in [3.05, 3.63) is 12.1 Å². The summed E-state index contributed by atoms with van der Waals surface area (Å²) < 4.78 is 7.22. The number of nitrogens with zero attached hydrogens (tertiary/aromatic N) is 3. The van der Waals surface area contributed by atoms with Crippen LogP contribution in [0.3, 0.4) is 0 Å². The van der Waals surface area contributed by atoms with E-state index >= 15 is 0 Å². The molecule has 3 rings (SSSR count). The van der Waals surface area contributed by atoms with Crippen LogP contribution in [0.25, 0.3) is 11.2 Å². The third kappa shape index (κ3) is 2.96. The summed E-state index contributed by atoms with van der Waals surface area (Å²) in [6.45, 7) is 3.25. The molecule has 114 valence electrons. The first-order valence-electron chi connectivity index (χ1n) is 7.84. The van der Waals surface area contributed by atoms with Crippen molar-refractivity contribution in [1.29, 1.82) is 0 Å². The lowest BCUT2D eigenvalue weighted by Gasteiger charge is -2.26. The molecule has 2 aromatic heterocycles. The highest BCUT2D eigenvalue weighted by Gasteiger charge is 2.19. The van der Waals surface area contributed by atoms with Gasteiger partial charge in [-0.15, -0.1) is 0 Å². The number of hydrogen-bond acceptors (Lipinski definition) is 4. The Kier molecular flexibility index (Phi) is 3.99. The summed E-state index contributed by atoms with van der Waals surface area (Å²) >= 11 is 0. The van der Waals surface area contributed by atoms with Gasteiger partial charge in [0.2, 0.25) is 11.8 Å². The van der Waals surface area contributed by atoms with E-state index in [0.717, 1.165) is 36.0 Å². The quantitative estimate of drug-likeness (QED) is 0.938. The van der Waals surface area contributed by atoms with Gasteiger partial charge in [-0.05, 0) is 24.3 Å². The number of nitrogens with two attached hydrogens (primary N) is 1. The first-order chi connectivity index (χ1) is 10.2. The number of methoxy groups -OCH3 is 1. The predicted molar refractivity (Wildman–Crippen MR) is 84.2 cm³/mol. The molecular weight excluding hydrogens is 264 g/mol. The minimum Gasteiger partial charge on any atom is -0.481 e. The summed E-state index contributed by atoms with van der Waals surface area (Å²) in [5.41, 5.74) is 7.72. The van der Waals surface area contributed by atoms with Gasteiger partial charge < -0.3 is 10.5 Å². The van der Waals surface area contributed by atoms with Crippen LogP contribution >= 0.6 is 0 Å². The van der Waals surface area contributed by atoms with Crippen LogP contribution in [0.2, 0.25) is 0 Å². The lowest BCUT2D eigenvalue weighted by molar-refractivity contribution is 0.269. The van der Waals surface area contributed by atoms with Crippen molar-refractivity contribution in [2.75, 3.05) is 12.8 Å². The summed E-state index contributed by atoms with van der Waals surface area (Å²) in [7, 11) is 1.63. The van der Waals surface area contributed by atoms with E-state index in [2.05, 4.69) is 16.9 Å². The fourth-order valence-electron chi connectivity index (χ4n) is 3.27. The highest BCUT2D eigenvalue weighted by Crippen LogP contribution is 2.31. The summed E-state index contributed by atoms with van der Waals surface area (Å²) in [5.74, 6) is 2.86. The topological polar surface area (TPSA) is 66.0 Å². The Morgan fingerprint density at radius 1 is 1.24 bits per heavy atom. The summed E-state index contributed by atoms with van der Waals surface area (Å²) in [6.07, 6.45) is 6.55. The van der Waals surface area contributed by atoms with Crippen molar-refractivity contribution >= 4 is 17.1 Å². The average molecular weight is 288 g/mol. The molecular formula is C16H24N4O. The van der Waals surface area contributed by atoms with Gasteiger partial charge in [-0.3, -0.25) is 4.57 Å². The van der Waals surface area contributed by atoms with Crippen LogP contribution < -0.4 is 10.5 Å². The van der Waals surface area contributed by atoms with Crippen LogP contribution in [-0.4, -0.2) is 21.6 Å². The first kappa shape index (κ1) is 14.2. The standard InChI is InChI=1S/C16H24N4O/c1-11-3-5-12(6-4-11)9-10-20-15-13(18-16(20)17)7-8-14(19-15)21-2/h7-8,11-12H,3-6,9-10H2,1-2H3,(H2,17,18). The highest BCUT2D eigenvalue weighted by molar-refractivity contribution is 5.74. The van der Waals surface area contributed by atoms with Gasteiger partial charge in [-0.25, -0.2) is 4.98 Å². The van der Waals surface area contributed by atoms with Crippen molar-refractivity contribution in [2.24, 2.45) is 11.8 Å². The van der Waals surface area contributed by atoms with Crippen LogP contribution in [0.1, 0.15) is 39.0 Å². The number of rotatable bonds is 4. The van der Waals surface area contributed by atoms with Gasteiger partial charge in [0.1, 0.15) is 5.52 Å². The lowest BCUT2D eigenvalue weighted by Crippen LogP contribution is -2.15. The molecule has 0 spiro atoms. The van der Waals surface area contributed by atoms with E-state index in [1.807, 2.05) is 16.7 Å². The first-order valence-corrected chi connectivity index (χ1v) is 7.84. The van der Waals surface area contributed by atoms with E-state index in [-0.39, 0.29) is 0 Å². The molecule has 5 heteroatoms. The van der Waals surface area contributed by atoms with Crippen LogP contribution in [-0.2, 0) is 6.54 Å². The molecule has 1 aliphatic carbocycles. The number of aryl methyl sites for hydroxylation is 1. The minimum absolute atomic E-state index is 0.551. The molecule has 2 N–H and O–H groups in total. The monoisotopic (exact) mass is 288 g/mol. The number of imidazole rings is 1. The molecule has 0 unspecified atom stereocenters. The van der Waals surface area contributed by atoms with E-state index < -0.39 is 0 Å². The summed E-state index contributed by atoms with van der Waals surface area (Å²) in [6, 6.07) is 3.73. The van der Waals surface area contributed by atoms with Crippen molar-refractivity contribution in [1.82, 2.24) is 14.5 Å². The second kappa shape index (κ2) is 5.92. The zero-order valence-electron chi connectivity index (χ0n) is 12.9. The Bertz CT molecular complexity index is 614. The molecule has 0 aliphatic heterocycles. The highest BCUT2D eigenvalue weighted by atomic mass is 16.5. The third-order valence-corrected chi connectivity index (χ3v) is 4.70. The zero-order valence-corrected chi connectivity index (χ0v) is 12.9. The molecule has 1 saturated carbocycles. The SMILES string of the molecule is COc1ccc2nc(N)n(CCC3CCC(C)CC3)c2n1. The molecule has 0 atom stereocenters. The van der Waals surface area contributed by atoms with Crippen molar-refractivity contribution < 1.29 is 4.74 Å².